The number of amides is 1. The highest BCUT2D eigenvalue weighted by Gasteiger charge is 2.12. The molecule has 2 aliphatic rings. The number of halogens is 1. The molecule has 0 radical (unpaired) electrons. The Hall–Kier alpha value is -2.01. The highest BCUT2D eigenvalue weighted by atomic mass is 79.9. The number of hydrogen-bond acceptors (Lipinski definition) is 3. The Bertz CT molecular complexity index is 707. The maximum atomic E-state index is 10.2. The summed E-state index contributed by atoms with van der Waals surface area (Å²) in [6.07, 6.45) is 7.97. The zero-order valence-electron chi connectivity index (χ0n) is 16.6. The molecule has 1 fully saturated rings. The maximum Gasteiger partial charge on any atom is 0.404 e. The second-order valence-electron chi connectivity index (χ2n) is 7.35. The Balaban J connectivity index is 0.000000162. The van der Waals surface area contributed by atoms with Gasteiger partial charge in [-0.15, -0.1) is 0 Å². The van der Waals surface area contributed by atoms with E-state index in [4.69, 9.17) is 5.73 Å². The highest BCUT2D eigenvalue weighted by Crippen LogP contribution is 2.23. The summed E-state index contributed by atoms with van der Waals surface area (Å²) in [5, 5.41) is 3.41. The van der Waals surface area contributed by atoms with Gasteiger partial charge in [-0.2, -0.15) is 0 Å². The number of fused-ring (bicyclic) bond motifs is 1. The first kappa shape index (κ1) is 22.3. The van der Waals surface area contributed by atoms with Crippen molar-refractivity contribution in [2.45, 2.75) is 52.1 Å². The first-order valence-electron chi connectivity index (χ1n) is 10.0. The lowest BCUT2D eigenvalue weighted by molar-refractivity contribution is 0.150. The van der Waals surface area contributed by atoms with Crippen molar-refractivity contribution in [3.63, 3.8) is 0 Å². The largest absolute Gasteiger partial charge is 0.445 e. The molecule has 1 aliphatic heterocycles. The van der Waals surface area contributed by atoms with Gasteiger partial charge >= 0.3 is 6.09 Å². The van der Waals surface area contributed by atoms with Crippen molar-refractivity contribution in [1.29, 1.82) is 0 Å². The van der Waals surface area contributed by atoms with Gasteiger partial charge in [0.25, 0.3) is 0 Å². The summed E-state index contributed by atoms with van der Waals surface area (Å²) in [6, 6.07) is 16.0. The zero-order chi connectivity index (χ0) is 20.2. The van der Waals surface area contributed by atoms with Gasteiger partial charge in [0.2, 0.25) is 0 Å². The van der Waals surface area contributed by atoms with Gasteiger partial charge in [-0.25, -0.2) is 4.79 Å². The molecule has 1 heterocycles. The van der Waals surface area contributed by atoms with Crippen LogP contribution in [0, 0.1) is 5.92 Å². The van der Waals surface area contributed by atoms with Gasteiger partial charge in [0.05, 0.1) is 0 Å². The standard InChI is InChI=1S/C10H13N.C8H8BrNO2.C5H10/c1-8-6-9-4-2-3-5-10(9)11-7-8;9-7-3-1-6(2-4-7)5-12-8(10)11;1-2-4-5-3-1/h2-5,8,11H,6-7H2,1H3;1-4H,5H2,(H2,10,11);1-5H2. The third-order valence-electron chi connectivity index (χ3n) is 4.77. The van der Waals surface area contributed by atoms with Crippen LogP contribution in [0.25, 0.3) is 0 Å². The Morgan fingerprint density at radius 1 is 1.07 bits per heavy atom. The fourth-order valence-electron chi connectivity index (χ4n) is 3.22. The number of nitrogens with two attached hydrogens (primary N) is 1. The van der Waals surface area contributed by atoms with E-state index in [1.165, 1.54) is 49.8 Å². The maximum absolute atomic E-state index is 10.2. The number of primary amides is 1. The zero-order valence-corrected chi connectivity index (χ0v) is 18.2. The predicted molar refractivity (Wildman–Crippen MR) is 119 cm³/mol. The van der Waals surface area contributed by atoms with Crippen molar-refractivity contribution in [1.82, 2.24) is 0 Å². The topological polar surface area (TPSA) is 64.3 Å². The van der Waals surface area contributed by atoms with E-state index in [1.54, 1.807) is 0 Å². The van der Waals surface area contributed by atoms with Crippen molar-refractivity contribution >= 4 is 27.7 Å². The summed E-state index contributed by atoms with van der Waals surface area (Å²) in [6.45, 7) is 3.63. The summed E-state index contributed by atoms with van der Waals surface area (Å²) in [5.74, 6) is 0.782. The molecule has 28 heavy (non-hydrogen) atoms. The number of para-hydroxylation sites is 1. The van der Waals surface area contributed by atoms with Crippen LogP contribution in [0.4, 0.5) is 10.5 Å². The van der Waals surface area contributed by atoms with Crippen LogP contribution >= 0.6 is 15.9 Å². The van der Waals surface area contributed by atoms with Gasteiger partial charge in [-0.1, -0.05) is 85.3 Å². The van der Waals surface area contributed by atoms with Crippen molar-refractivity contribution in [2.24, 2.45) is 11.7 Å². The van der Waals surface area contributed by atoms with Crippen LogP contribution in [0.3, 0.4) is 0 Å². The molecule has 4 nitrogen and oxygen atoms in total. The molecule has 1 saturated carbocycles. The summed E-state index contributed by atoms with van der Waals surface area (Å²) >= 11 is 3.29. The molecule has 4 rings (SSSR count). The number of anilines is 1. The van der Waals surface area contributed by atoms with Gasteiger partial charge in [0.1, 0.15) is 6.61 Å². The van der Waals surface area contributed by atoms with Crippen molar-refractivity contribution in [2.75, 3.05) is 11.9 Å². The fourth-order valence-corrected chi connectivity index (χ4v) is 3.49. The minimum absolute atomic E-state index is 0.225. The normalized spacial score (nSPS) is 17.0. The number of hydrogen-bond donors (Lipinski definition) is 2. The molecule has 152 valence electrons. The number of benzene rings is 2. The van der Waals surface area contributed by atoms with E-state index >= 15 is 0 Å². The molecular weight excluding hydrogens is 416 g/mol. The monoisotopic (exact) mass is 446 g/mol. The second kappa shape index (κ2) is 12.4. The third kappa shape index (κ3) is 8.79. The van der Waals surface area contributed by atoms with Crippen molar-refractivity contribution in [3.8, 4) is 0 Å². The molecule has 1 amide bonds. The number of ether oxygens (including phenoxy) is 1. The lowest BCUT2D eigenvalue weighted by atomic mass is 9.96. The minimum atomic E-state index is -0.752. The first-order chi connectivity index (χ1) is 13.5. The average Bonchev–Trinajstić information content (AvgIpc) is 3.28. The molecule has 2 aromatic rings. The van der Waals surface area contributed by atoms with Crippen LogP contribution in [0.5, 0.6) is 0 Å². The van der Waals surface area contributed by atoms with E-state index in [0.717, 1.165) is 22.5 Å². The highest BCUT2D eigenvalue weighted by molar-refractivity contribution is 9.10. The molecule has 0 aromatic heterocycles. The summed E-state index contributed by atoms with van der Waals surface area (Å²) in [7, 11) is 0. The predicted octanol–water partition coefficient (Wildman–Crippen LogP) is 6.29. The van der Waals surface area contributed by atoms with Gasteiger partial charge in [-0.05, 0) is 41.7 Å². The molecule has 1 aliphatic carbocycles. The number of rotatable bonds is 2. The van der Waals surface area contributed by atoms with Crippen LogP contribution in [0.15, 0.2) is 53.0 Å². The van der Waals surface area contributed by atoms with E-state index in [1.807, 2.05) is 24.3 Å². The molecule has 5 heteroatoms. The number of carbonyl (C=O) groups is 1. The molecule has 3 N–H and O–H groups in total. The SMILES string of the molecule is C1CCCC1.CC1CNc2ccccc2C1.NC(=O)OCc1ccc(Br)cc1. The minimum Gasteiger partial charge on any atom is -0.445 e. The summed E-state index contributed by atoms with van der Waals surface area (Å²) in [5.41, 5.74) is 8.50. The van der Waals surface area contributed by atoms with Crippen molar-refractivity contribution < 1.29 is 9.53 Å². The summed E-state index contributed by atoms with van der Waals surface area (Å²) < 4.78 is 5.58. The van der Waals surface area contributed by atoms with Gasteiger partial charge < -0.3 is 15.8 Å². The van der Waals surface area contributed by atoms with Crippen LogP contribution in [-0.4, -0.2) is 12.6 Å². The quantitative estimate of drug-likeness (QED) is 0.569. The molecule has 1 unspecified atom stereocenters. The number of nitrogens with one attached hydrogen (secondary N) is 1. The van der Waals surface area contributed by atoms with Crippen LogP contribution in [0.2, 0.25) is 0 Å². The molecule has 0 bridgehead atoms. The van der Waals surface area contributed by atoms with Crippen LogP contribution < -0.4 is 11.1 Å². The van der Waals surface area contributed by atoms with E-state index in [9.17, 15) is 4.79 Å². The number of carbonyl (C=O) groups excluding carboxylic acids is 1. The van der Waals surface area contributed by atoms with Crippen molar-refractivity contribution in [3.05, 3.63) is 64.1 Å². The van der Waals surface area contributed by atoms with E-state index in [-0.39, 0.29) is 6.61 Å². The average molecular weight is 447 g/mol. The molecule has 1 atom stereocenters. The van der Waals surface area contributed by atoms with E-state index in [2.05, 4.69) is 57.2 Å². The molecule has 2 aromatic carbocycles. The summed E-state index contributed by atoms with van der Waals surface area (Å²) in [4.78, 5) is 10.2. The van der Waals surface area contributed by atoms with E-state index in [0.29, 0.717) is 0 Å². The Labute approximate surface area is 177 Å². The van der Waals surface area contributed by atoms with Gasteiger partial charge in [-0.3, -0.25) is 0 Å². The molecular formula is C23H31BrN2O2. The fraction of sp³-hybridized carbons (Fsp3) is 0.435. The smallest absolute Gasteiger partial charge is 0.404 e. The Morgan fingerprint density at radius 2 is 1.68 bits per heavy atom. The van der Waals surface area contributed by atoms with Crippen LogP contribution in [-0.2, 0) is 17.8 Å². The lowest BCUT2D eigenvalue weighted by Crippen LogP contribution is -2.20. The molecule has 0 saturated heterocycles. The van der Waals surface area contributed by atoms with E-state index < -0.39 is 6.09 Å². The second-order valence-corrected chi connectivity index (χ2v) is 8.26. The van der Waals surface area contributed by atoms with Gasteiger partial charge in [0, 0.05) is 16.7 Å². The first-order valence-corrected chi connectivity index (χ1v) is 10.8. The third-order valence-corrected chi connectivity index (χ3v) is 5.30. The Morgan fingerprint density at radius 3 is 2.29 bits per heavy atom. The lowest BCUT2D eigenvalue weighted by Gasteiger charge is -2.22. The van der Waals surface area contributed by atoms with Crippen LogP contribution in [0.1, 0.15) is 50.2 Å². The Kier molecular flexibility index (Phi) is 9.91. The molecule has 0 spiro atoms. The van der Waals surface area contributed by atoms with Gasteiger partial charge in [0.15, 0.2) is 0 Å².